The van der Waals surface area contributed by atoms with Crippen LogP contribution in [0.3, 0.4) is 0 Å². The molecule has 1 fully saturated rings. The first kappa shape index (κ1) is 25.3. The van der Waals surface area contributed by atoms with Gasteiger partial charge in [0.15, 0.2) is 5.75 Å². The van der Waals surface area contributed by atoms with Gasteiger partial charge in [-0.1, -0.05) is 57.9 Å². The van der Waals surface area contributed by atoms with Crippen molar-refractivity contribution in [2.45, 2.75) is 6.61 Å². The molecule has 8 heteroatoms. The molecule has 35 heavy (non-hydrogen) atoms. The van der Waals surface area contributed by atoms with E-state index >= 15 is 0 Å². The zero-order chi connectivity index (χ0) is 24.8. The summed E-state index contributed by atoms with van der Waals surface area (Å²) in [6, 6.07) is 23.5. The summed E-state index contributed by atoms with van der Waals surface area (Å²) in [4.78, 5) is 17.0. The minimum atomic E-state index is -0.275. The maximum Gasteiger partial charge on any atom is 0.264 e. The molecule has 1 heterocycles. The number of anilines is 1. The van der Waals surface area contributed by atoms with Gasteiger partial charge in [0.25, 0.3) is 5.91 Å². The normalized spacial score (nSPS) is 13.9. The predicted octanol–water partition coefficient (Wildman–Crippen LogP) is 6.70. The van der Waals surface area contributed by atoms with Crippen LogP contribution in [0.25, 0.3) is 6.08 Å². The first-order valence-corrected chi connectivity index (χ1v) is 13.0. The van der Waals surface area contributed by atoms with E-state index in [1.165, 1.54) is 0 Å². The van der Waals surface area contributed by atoms with Gasteiger partial charge in [-0.3, -0.25) is 4.79 Å². The second-order valence-corrected chi connectivity index (χ2v) is 10.2. The summed E-state index contributed by atoms with van der Waals surface area (Å²) >= 11 is 13.4. The van der Waals surface area contributed by atoms with E-state index < -0.39 is 0 Å². The average Bonchev–Trinajstić information content (AvgIpc) is 2.88. The second kappa shape index (κ2) is 11.8. The van der Waals surface area contributed by atoms with E-state index in [9.17, 15) is 10.1 Å². The smallest absolute Gasteiger partial charge is 0.264 e. The van der Waals surface area contributed by atoms with E-state index in [1.807, 2.05) is 42.5 Å². The topological polar surface area (TPSA) is 56.6 Å². The fourth-order valence-electron chi connectivity index (χ4n) is 3.82. The van der Waals surface area contributed by atoms with Crippen LogP contribution in [0.15, 0.2) is 81.2 Å². The minimum absolute atomic E-state index is 0.0738. The molecule has 0 saturated carbocycles. The lowest BCUT2D eigenvalue weighted by atomic mass is 10.1. The fourth-order valence-corrected chi connectivity index (χ4v) is 5.08. The van der Waals surface area contributed by atoms with Crippen LogP contribution < -0.4 is 9.64 Å². The van der Waals surface area contributed by atoms with Gasteiger partial charge in [-0.25, -0.2) is 0 Å². The molecule has 0 bridgehead atoms. The highest BCUT2D eigenvalue weighted by Gasteiger charge is 2.24. The molecule has 1 aliphatic rings. The van der Waals surface area contributed by atoms with Gasteiger partial charge in [0.05, 0.1) is 9.50 Å². The minimum Gasteiger partial charge on any atom is -0.486 e. The summed E-state index contributed by atoms with van der Waals surface area (Å²) in [5.41, 5.74) is 2.86. The summed E-state index contributed by atoms with van der Waals surface area (Å²) in [5.74, 6) is 0.233. The zero-order valence-corrected chi connectivity index (χ0v) is 22.7. The lowest BCUT2D eigenvalue weighted by Crippen LogP contribution is -2.49. The monoisotopic (exact) mass is 613 g/mol. The lowest BCUT2D eigenvalue weighted by Gasteiger charge is -2.36. The van der Waals surface area contributed by atoms with E-state index in [2.05, 4.69) is 55.0 Å². The van der Waals surface area contributed by atoms with Gasteiger partial charge in [-0.05, 0) is 69.5 Å². The van der Waals surface area contributed by atoms with Crippen molar-refractivity contribution in [3.8, 4) is 11.8 Å². The van der Waals surface area contributed by atoms with Gasteiger partial charge in [-0.15, -0.1) is 0 Å². The largest absolute Gasteiger partial charge is 0.486 e. The number of hydrogen-bond donors (Lipinski definition) is 0. The molecule has 0 radical (unpaired) electrons. The van der Waals surface area contributed by atoms with Crippen LogP contribution in [0.4, 0.5) is 5.69 Å². The summed E-state index contributed by atoms with van der Waals surface area (Å²) in [6.07, 6.45) is 1.57. The Morgan fingerprint density at radius 3 is 2.34 bits per heavy atom. The Bertz CT molecular complexity index is 1240. The molecule has 3 aromatic carbocycles. The third-order valence-electron chi connectivity index (χ3n) is 5.67. The quantitative estimate of drug-likeness (QED) is 0.229. The highest BCUT2D eigenvalue weighted by Crippen LogP contribution is 2.36. The number of halogens is 3. The van der Waals surface area contributed by atoms with Gasteiger partial charge >= 0.3 is 0 Å². The molecule has 0 atom stereocenters. The summed E-state index contributed by atoms with van der Waals surface area (Å²) in [5, 5.41) is 10.1. The Labute approximate surface area is 226 Å². The first-order valence-electron chi connectivity index (χ1n) is 11.0. The Hall–Kier alpha value is -2.79. The number of para-hydroxylation sites is 1. The number of hydrogen-bond acceptors (Lipinski definition) is 4. The summed E-state index contributed by atoms with van der Waals surface area (Å²) in [7, 11) is 0. The van der Waals surface area contributed by atoms with Gasteiger partial charge in [0, 0.05) is 36.3 Å². The molecule has 1 aliphatic heterocycles. The molecule has 0 unspecified atom stereocenters. The van der Waals surface area contributed by atoms with E-state index in [4.69, 9.17) is 16.3 Å². The van der Waals surface area contributed by atoms with Crippen molar-refractivity contribution in [2.24, 2.45) is 0 Å². The van der Waals surface area contributed by atoms with Gasteiger partial charge in [-0.2, -0.15) is 5.26 Å². The number of rotatable bonds is 6. The molecule has 5 nitrogen and oxygen atoms in total. The molecular weight excluding hydrogens is 594 g/mol. The van der Waals surface area contributed by atoms with E-state index in [0.29, 0.717) is 40.5 Å². The number of benzene rings is 3. The molecule has 0 spiro atoms. The number of nitrogens with zero attached hydrogens (tertiary/aromatic N) is 3. The number of nitriles is 1. The van der Waals surface area contributed by atoms with Crippen LogP contribution in [0.2, 0.25) is 5.02 Å². The van der Waals surface area contributed by atoms with E-state index in [1.54, 1.807) is 23.1 Å². The van der Waals surface area contributed by atoms with Crippen molar-refractivity contribution in [2.75, 3.05) is 31.1 Å². The molecule has 0 aromatic heterocycles. The fraction of sp³-hybridized carbons (Fsp3) is 0.185. The molecular formula is C27H22Br2ClN3O2. The van der Waals surface area contributed by atoms with Crippen molar-refractivity contribution >= 4 is 61.1 Å². The Morgan fingerprint density at radius 2 is 1.71 bits per heavy atom. The summed E-state index contributed by atoms with van der Waals surface area (Å²) in [6.45, 7) is 2.91. The molecule has 4 rings (SSSR count). The van der Waals surface area contributed by atoms with E-state index in [0.717, 1.165) is 28.8 Å². The number of piperazine rings is 1. The summed E-state index contributed by atoms with van der Waals surface area (Å²) < 4.78 is 7.55. The Kier molecular flexibility index (Phi) is 8.50. The van der Waals surface area contributed by atoms with Crippen molar-refractivity contribution in [3.63, 3.8) is 0 Å². The third-order valence-corrected chi connectivity index (χ3v) is 7.07. The number of amides is 1. The molecule has 178 valence electrons. The predicted molar refractivity (Wildman–Crippen MR) is 146 cm³/mol. The van der Waals surface area contributed by atoms with Crippen LogP contribution in [0.5, 0.6) is 5.75 Å². The Morgan fingerprint density at radius 1 is 1.03 bits per heavy atom. The second-order valence-electron chi connectivity index (χ2n) is 8.01. The van der Waals surface area contributed by atoms with Crippen molar-refractivity contribution in [1.82, 2.24) is 4.90 Å². The lowest BCUT2D eigenvalue weighted by molar-refractivity contribution is -0.126. The van der Waals surface area contributed by atoms with Gasteiger partial charge < -0.3 is 14.5 Å². The molecule has 3 aromatic rings. The van der Waals surface area contributed by atoms with Crippen LogP contribution in [0.1, 0.15) is 11.1 Å². The highest BCUT2D eigenvalue weighted by atomic mass is 79.9. The maximum absolute atomic E-state index is 13.0. The van der Waals surface area contributed by atoms with Crippen LogP contribution >= 0.6 is 43.5 Å². The number of ether oxygens (including phenoxy) is 1. The average molecular weight is 616 g/mol. The van der Waals surface area contributed by atoms with Crippen molar-refractivity contribution in [1.29, 1.82) is 5.26 Å². The molecule has 0 N–H and O–H groups in total. The number of carbonyl (C=O) groups is 1. The third kappa shape index (κ3) is 6.46. The molecule has 1 saturated heterocycles. The van der Waals surface area contributed by atoms with Gasteiger partial charge in [0.2, 0.25) is 0 Å². The highest BCUT2D eigenvalue weighted by molar-refractivity contribution is 9.10. The van der Waals surface area contributed by atoms with Crippen LogP contribution in [-0.4, -0.2) is 37.0 Å². The zero-order valence-electron chi connectivity index (χ0n) is 18.8. The van der Waals surface area contributed by atoms with Gasteiger partial charge in [0.1, 0.15) is 18.2 Å². The van der Waals surface area contributed by atoms with Crippen LogP contribution in [0, 0.1) is 11.3 Å². The standard InChI is InChI=1S/C27H22Br2ClN3O2/c28-22-8-6-19(7-9-22)18-35-26-24(29)15-20(16-25(26)30)14-21(17-31)27(34)33-12-10-32(11-13-33)23-4-2-1-3-5-23/h1-9,14-16H,10-13,18H2/b21-14-. The van der Waals surface area contributed by atoms with E-state index in [-0.39, 0.29) is 11.5 Å². The Balaban J connectivity index is 1.43. The SMILES string of the molecule is N#C/C(=C/c1cc(Cl)c(OCc2ccc(Br)cc2)c(Br)c1)C(=O)N1CCN(c2ccccc2)CC1. The molecule has 0 aliphatic carbocycles. The van der Waals surface area contributed by atoms with Crippen molar-refractivity contribution < 1.29 is 9.53 Å². The first-order chi connectivity index (χ1) is 16.9. The van der Waals surface area contributed by atoms with Crippen LogP contribution in [-0.2, 0) is 11.4 Å². The number of carbonyl (C=O) groups excluding carboxylic acids is 1. The maximum atomic E-state index is 13.0. The van der Waals surface area contributed by atoms with Crippen molar-refractivity contribution in [3.05, 3.63) is 97.4 Å². The molecule has 1 amide bonds.